The van der Waals surface area contributed by atoms with Crippen LogP contribution in [0.2, 0.25) is 0 Å². The van der Waals surface area contributed by atoms with Gasteiger partial charge in [0.2, 0.25) is 0 Å². The lowest BCUT2D eigenvalue weighted by atomic mass is 10.3. The lowest BCUT2D eigenvalue weighted by Crippen LogP contribution is -2.40. The lowest BCUT2D eigenvalue weighted by molar-refractivity contribution is 0.0440. The number of hydrogen-bond acceptors (Lipinski definition) is 4. The highest BCUT2D eigenvalue weighted by molar-refractivity contribution is 7.99. The minimum atomic E-state index is 0.402. The van der Waals surface area contributed by atoms with Gasteiger partial charge < -0.3 is 15.8 Å². The summed E-state index contributed by atoms with van der Waals surface area (Å²) in [4.78, 5) is 0. The molecule has 0 aromatic heterocycles. The normalized spacial score (nSPS) is 25.8. The smallest absolute Gasteiger partial charge is 0.0790 e. The number of morpholine rings is 1. The van der Waals surface area contributed by atoms with Crippen LogP contribution >= 0.6 is 11.8 Å². The van der Waals surface area contributed by atoms with E-state index >= 15 is 0 Å². The van der Waals surface area contributed by atoms with Crippen molar-refractivity contribution in [1.82, 2.24) is 5.32 Å². The number of ether oxygens (including phenoxy) is 1. The third-order valence-corrected chi connectivity index (χ3v) is 3.51. The zero-order valence-electron chi connectivity index (χ0n) is 8.29. The summed E-state index contributed by atoms with van der Waals surface area (Å²) in [6.07, 6.45) is 1.50. The van der Waals surface area contributed by atoms with Crippen molar-refractivity contribution in [3.8, 4) is 0 Å². The third kappa shape index (κ3) is 4.86. The van der Waals surface area contributed by atoms with Crippen molar-refractivity contribution in [1.29, 1.82) is 0 Å². The predicted molar refractivity (Wildman–Crippen MR) is 58.2 cm³/mol. The summed E-state index contributed by atoms with van der Waals surface area (Å²) >= 11 is 1.96. The minimum absolute atomic E-state index is 0.402. The van der Waals surface area contributed by atoms with Crippen LogP contribution in [-0.2, 0) is 4.74 Å². The molecule has 0 radical (unpaired) electrons. The van der Waals surface area contributed by atoms with Gasteiger partial charge in [-0.1, -0.05) is 6.92 Å². The van der Waals surface area contributed by atoms with Crippen molar-refractivity contribution in [2.45, 2.75) is 24.7 Å². The van der Waals surface area contributed by atoms with Crippen molar-refractivity contribution < 1.29 is 4.74 Å². The molecule has 1 heterocycles. The van der Waals surface area contributed by atoms with Crippen LogP contribution in [0.25, 0.3) is 0 Å². The monoisotopic (exact) mass is 204 g/mol. The molecule has 1 fully saturated rings. The Morgan fingerprint density at radius 2 is 2.54 bits per heavy atom. The van der Waals surface area contributed by atoms with Gasteiger partial charge in [0.05, 0.1) is 12.7 Å². The van der Waals surface area contributed by atoms with Crippen molar-refractivity contribution >= 4 is 11.8 Å². The summed E-state index contributed by atoms with van der Waals surface area (Å²) in [5.74, 6) is 1.09. The molecule has 4 heteroatoms. The molecule has 0 spiro atoms. The molecular weight excluding hydrogens is 184 g/mol. The highest BCUT2D eigenvalue weighted by Crippen LogP contribution is 2.16. The molecular formula is C9H20N2OS. The van der Waals surface area contributed by atoms with E-state index in [0.29, 0.717) is 11.4 Å². The maximum absolute atomic E-state index is 5.59. The van der Waals surface area contributed by atoms with E-state index in [9.17, 15) is 0 Å². The maximum atomic E-state index is 5.59. The summed E-state index contributed by atoms with van der Waals surface area (Å²) in [5.41, 5.74) is 5.48. The molecule has 1 aliphatic rings. The van der Waals surface area contributed by atoms with Crippen LogP contribution in [0.3, 0.4) is 0 Å². The van der Waals surface area contributed by atoms with Gasteiger partial charge in [0, 0.05) is 24.1 Å². The van der Waals surface area contributed by atoms with Crippen molar-refractivity contribution in [3.63, 3.8) is 0 Å². The van der Waals surface area contributed by atoms with E-state index in [0.717, 1.165) is 38.4 Å². The number of nitrogens with one attached hydrogen (secondary N) is 1. The van der Waals surface area contributed by atoms with Crippen molar-refractivity contribution in [2.24, 2.45) is 5.73 Å². The van der Waals surface area contributed by atoms with E-state index in [1.807, 2.05) is 11.8 Å². The Morgan fingerprint density at radius 1 is 1.69 bits per heavy atom. The fraction of sp³-hybridized carbons (Fsp3) is 1.00. The van der Waals surface area contributed by atoms with Gasteiger partial charge in [-0.3, -0.25) is 0 Å². The molecule has 1 saturated heterocycles. The molecule has 13 heavy (non-hydrogen) atoms. The molecule has 0 saturated carbocycles. The van der Waals surface area contributed by atoms with Crippen LogP contribution in [0, 0.1) is 0 Å². The zero-order valence-corrected chi connectivity index (χ0v) is 9.11. The van der Waals surface area contributed by atoms with Gasteiger partial charge in [0.15, 0.2) is 0 Å². The second kappa shape index (κ2) is 6.65. The van der Waals surface area contributed by atoms with E-state index in [1.54, 1.807) is 0 Å². The Morgan fingerprint density at radius 3 is 3.15 bits per heavy atom. The molecule has 0 bridgehead atoms. The summed E-state index contributed by atoms with van der Waals surface area (Å²) < 4.78 is 5.59. The van der Waals surface area contributed by atoms with Crippen molar-refractivity contribution in [2.75, 3.05) is 32.0 Å². The highest BCUT2D eigenvalue weighted by atomic mass is 32.2. The highest BCUT2D eigenvalue weighted by Gasteiger charge is 2.14. The quantitative estimate of drug-likeness (QED) is 0.682. The standard InChI is InChI=1S/C9H20N2OS/c1-8(2-3-10)13-7-9-6-11-4-5-12-9/h8-9,11H,2-7,10H2,1H3. The number of hydrogen-bond donors (Lipinski definition) is 2. The molecule has 0 aromatic carbocycles. The molecule has 2 atom stereocenters. The molecule has 0 amide bonds. The second-order valence-electron chi connectivity index (χ2n) is 3.42. The maximum Gasteiger partial charge on any atom is 0.0790 e. The molecule has 1 rings (SSSR count). The fourth-order valence-corrected chi connectivity index (χ4v) is 2.38. The predicted octanol–water partition coefficient (Wildman–Crippen LogP) is 0.445. The SMILES string of the molecule is CC(CCN)SCC1CNCCO1. The Labute approximate surface area is 84.8 Å². The van der Waals surface area contributed by atoms with Gasteiger partial charge in [-0.05, 0) is 13.0 Å². The summed E-state index contributed by atoms with van der Waals surface area (Å²) in [5, 5.41) is 3.99. The van der Waals surface area contributed by atoms with Gasteiger partial charge in [0.25, 0.3) is 0 Å². The Hall–Kier alpha value is 0.230. The van der Waals surface area contributed by atoms with Crippen LogP contribution in [0.15, 0.2) is 0 Å². The van der Waals surface area contributed by atoms with Crippen LogP contribution in [0.1, 0.15) is 13.3 Å². The molecule has 78 valence electrons. The fourth-order valence-electron chi connectivity index (χ4n) is 1.32. The molecule has 0 aliphatic carbocycles. The minimum Gasteiger partial charge on any atom is -0.375 e. The summed E-state index contributed by atoms with van der Waals surface area (Å²) in [6, 6.07) is 0. The average Bonchev–Trinajstić information content (AvgIpc) is 2.17. The van der Waals surface area contributed by atoms with Crippen LogP contribution in [-0.4, -0.2) is 43.3 Å². The number of nitrogens with two attached hydrogens (primary N) is 1. The second-order valence-corrected chi connectivity index (χ2v) is 4.89. The van der Waals surface area contributed by atoms with Crippen LogP contribution in [0.4, 0.5) is 0 Å². The molecule has 0 aromatic rings. The Bertz CT molecular complexity index is 129. The number of thioether (sulfide) groups is 1. The van der Waals surface area contributed by atoms with Crippen molar-refractivity contribution in [3.05, 3.63) is 0 Å². The van der Waals surface area contributed by atoms with E-state index in [2.05, 4.69) is 12.2 Å². The largest absolute Gasteiger partial charge is 0.375 e. The third-order valence-electron chi connectivity index (χ3n) is 2.14. The van der Waals surface area contributed by atoms with Gasteiger partial charge >= 0.3 is 0 Å². The van der Waals surface area contributed by atoms with Gasteiger partial charge in [-0.15, -0.1) is 0 Å². The van der Waals surface area contributed by atoms with Gasteiger partial charge in [-0.2, -0.15) is 11.8 Å². The summed E-state index contributed by atoms with van der Waals surface area (Å²) in [7, 11) is 0. The molecule has 3 nitrogen and oxygen atoms in total. The summed E-state index contributed by atoms with van der Waals surface area (Å²) in [6.45, 7) is 5.88. The average molecular weight is 204 g/mol. The lowest BCUT2D eigenvalue weighted by Gasteiger charge is -2.24. The number of rotatable bonds is 5. The van der Waals surface area contributed by atoms with Crippen LogP contribution in [0.5, 0.6) is 0 Å². The first kappa shape index (κ1) is 11.3. The van der Waals surface area contributed by atoms with E-state index in [-0.39, 0.29) is 0 Å². The first-order chi connectivity index (χ1) is 6.33. The van der Waals surface area contributed by atoms with E-state index < -0.39 is 0 Å². The molecule has 3 N–H and O–H groups in total. The van der Waals surface area contributed by atoms with E-state index in [4.69, 9.17) is 10.5 Å². The Kier molecular flexibility index (Phi) is 5.78. The molecule has 1 aliphatic heterocycles. The van der Waals surface area contributed by atoms with Crippen LogP contribution < -0.4 is 11.1 Å². The zero-order chi connectivity index (χ0) is 9.52. The first-order valence-electron chi connectivity index (χ1n) is 4.97. The molecule has 2 unspecified atom stereocenters. The van der Waals surface area contributed by atoms with Gasteiger partial charge in [-0.25, -0.2) is 0 Å². The van der Waals surface area contributed by atoms with Gasteiger partial charge in [0.1, 0.15) is 0 Å². The topological polar surface area (TPSA) is 47.3 Å². The van der Waals surface area contributed by atoms with E-state index in [1.165, 1.54) is 0 Å². The first-order valence-corrected chi connectivity index (χ1v) is 6.01. The Balaban J connectivity index is 2.03.